The van der Waals surface area contributed by atoms with Gasteiger partial charge in [0.25, 0.3) is 0 Å². The van der Waals surface area contributed by atoms with Crippen LogP contribution in [0.1, 0.15) is 30.9 Å². The van der Waals surface area contributed by atoms with E-state index in [4.69, 9.17) is 11.6 Å². The molecule has 0 fully saturated rings. The fourth-order valence-corrected chi connectivity index (χ4v) is 2.68. The van der Waals surface area contributed by atoms with Crippen molar-refractivity contribution >= 4 is 22.5 Å². The van der Waals surface area contributed by atoms with Crippen molar-refractivity contribution in [2.75, 3.05) is 0 Å². The van der Waals surface area contributed by atoms with Gasteiger partial charge in [-0.2, -0.15) is 5.10 Å². The Labute approximate surface area is 123 Å². The molecule has 102 valence electrons. The van der Waals surface area contributed by atoms with E-state index in [-0.39, 0.29) is 0 Å². The lowest BCUT2D eigenvalue weighted by atomic mass is 9.91. The van der Waals surface area contributed by atoms with Gasteiger partial charge in [-0.15, -0.1) is 0 Å². The Balaban J connectivity index is 2.26. The molecule has 20 heavy (non-hydrogen) atoms. The molecular weight excluding hydrogens is 268 g/mol. The first-order valence-corrected chi connectivity index (χ1v) is 7.17. The predicted molar refractivity (Wildman–Crippen MR) is 85.4 cm³/mol. The summed E-state index contributed by atoms with van der Waals surface area (Å²) >= 11 is 6.27. The number of H-pyrrole nitrogens is 1. The lowest BCUT2D eigenvalue weighted by Gasteiger charge is -2.14. The molecular formula is C17H17ClN2. The van der Waals surface area contributed by atoms with E-state index in [1.807, 2.05) is 19.2 Å². The van der Waals surface area contributed by atoms with Crippen LogP contribution in [0.3, 0.4) is 0 Å². The van der Waals surface area contributed by atoms with E-state index in [1.165, 1.54) is 11.1 Å². The van der Waals surface area contributed by atoms with E-state index in [1.54, 1.807) is 0 Å². The molecule has 0 bridgehead atoms. The molecule has 1 N–H and O–H groups in total. The first-order valence-electron chi connectivity index (χ1n) is 6.80. The number of aromatic amines is 1. The minimum absolute atomic E-state index is 0.442. The molecule has 3 aromatic rings. The second-order valence-corrected chi connectivity index (χ2v) is 5.92. The molecule has 0 aliphatic carbocycles. The maximum absolute atomic E-state index is 6.27. The summed E-state index contributed by atoms with van der Waals surface area (Å²) in [6, 6.07) is 10.6. The Hall–Kier alpha value is -1.80. The van der Waals surface area contributed by atoms with E-state index in [0.717, 1.165) is 27.1 Å². The first kappa shape index (κ1) is 13.2. The van der Waals surface area contributed by atoms with E-state index >= 15 is 0 Å². The number of benzene rings is 2. The summed E-state index contributed by atoms with van der Waals surface area (Å²) in [4.78, 5) is 0. The van der Waals surface area contributed by atoms with Gasteiger partial charge in [0.2, 0.25) is 0 Å². The number of hydrogen-bond acceptors (Lipinski definition) is 1. The molecule has 1 aromatic heterocycles. The maximum Gasteiger partial charge on any atom is 0.0653 e. The van der Waals surface area contributed by atoms with Crippen LogP contribution in [0, 0.1) is 6.92 Å². The monoisotopic (exact) mass is 284 g/mol. The number of aryl methyl sites for hydroxylation is 1. The van der Waals surface area contributed by atoms with Crippen molar-refractivity contribution in [3.63, 3.8) is 0 Å². The fourth-order valence-electron chi connectivity index (χ4n) is 2.50. The summed E-state index contributed by atoms with van der Waals surface area (Å²) in [6.45, 7) is 6.43. The van der Waals surface area contributed by atoms with Crippen LogP contribution in [-0.2, 0) is 0 Å². The van der Waals surface area contributed by atoms with Crippen molar-refractivity contribution < 1.29 is 0 Å². The van der Waals surface area contributed by atoms with E-state index in [9.17, 15) is 0 Å². The highest BCUT2D eigenvalue weighted by Crippen LogP contribution is 2.34. The van der Waals surface area contributed by atoms with Crippen LogP contribution in [0.25, 0.3) is 22.0 Å². The van der Waals surface area contributed by atoms with Gasteiger partial charge in [-0.05, 0) is 53.3 Å². The highest BCUT2D eigenvalue weighted by Gasteiger charge is 2.12. The molecule has 0 aliphatic heterocycles. The van der Waals surface area contributed by atoms with Crippen molar-refractivity contribution in [2.45, 2.75) is 26.7 Å². The molecule has 3 rings (SSSR count). The Morgan fingerprint density at radius 3 is 2.65 bits per heavy atom. The number of fused-ring (bicyclic) bond motifs is 1. The summed E-state index contributed by atoms with van der Waals surface area (Å²) in [6.07, 6.45) is 1.86. The lowest BCUT2D eigenvalue weighted by Crippen LogP contribution is -1.93. The SMILES string of the molecule is Cc1ccc(-c2cc3cn[nH]c3cc2C(C)C)cc1Cl. The first-order chi connectivity index (χ1) is 9.56. The van der Waals surface area contributed by atoms with Gasteiger partial charge in [0, 0.05) is 10.4 Å². The van der Waals surface area contributed by atoms with Gasteiger partial charge in [-0.3, -0.25) is 5.10 Å². The van der Waals surface area contributed by atoms with Crippen molar-refractivity contribution in [2.24, 2.45) is 0 Å². The van der Waals surface area contributed by atoms with E-state index in [2.05, 4.69) is 48.3 Å². The van der Waals surface area contributed by atoms with Gasteiger partial charge in [-0.1, -0.05) is 37.6 Å². The lowest BCUT2D eigenvalue weighted by molar-refractivity contribution is 0.870. The molecule has 0 spiro atoms. The smallest absolute Gasteiger partial charge is 0.0653 e. The van der Waals surface area contributed by atoms with Crippen LogP contribution in [0.2, 0.25) is 5.02 Å². The number of halogens is 1. The molecule has 0 amide bonds. The Morgan fingerprint density at radius 2 is 1.95 bits per heavy atom. The third-order valence-electron chi connectivity index (χ3n) is 3.72. The molecule has 0 aliphatic rings. The van der Waals surface area contributed by atoms with Crippen LogP contribution in [-0.4, -0.2) is 10.2 Å². The summed E-state index contributed by atoms with van der Waals surface area (Å²) < 4.78 is 0. The van der Waals surface area contributed by atoms with Crippen LogP contribution in [0.15, 0.2) is 36.5 Å². The van der Waals surface area contributed by atoms with Crippen LogP contribution < -0.4 is 0 Å². The molecule has 2 aromatic carbocycles. The van der Waals surface area contributed by atoms with Crippen molar-refractivity contribution in [1.29, 1.82) is 0 Å². The van der Waals surface area contributed by atoms with Crippen molar-refractivity contribution in [3.8, 4) is 11.1 Å². The normalized spacial score (nSPS) is 11.4. The van der Waals surface area contributed by atoms with Crippen LogP contribution >= 0.6 is 11.6 Å². The highest BCUT2D eigenvalue weighted by molar-refractivity contribution is 6.31. The van der Waals surface area contributed by atoms with Gasteiger partial charge in [0.1, 0.15) is 0 Å². The largest absolute Gasteiger partial charge is 0.278 e. The zero-order valence-electron chi connectivity index (χ0n) is 11.9. The number of nitrogens with one attached hydrogen (secondary N) is 1. The minimum Gasteiger partial charge on any atom is -0.278 e. The van der Waals surface area contributed by atoms with Gasteiger partial charge >= 0.3 is 0 Å². The molecule has 0 atom stereocenters. The van der Waals surface area contributed by atoms with Gasteiger partial charge < -0.3 is 0 Å². The standard InChI is InChI=1S/C17H17ClN2/c1-10(2)14-8-17-13(9-19-20-17)6-15(14)12-5-4-11(3)16(18)7-12/h4-10H,1-3H3,(H,19,20). The summed E-state index contributed by atoms with van der Waals surface area (Å²) in [5.41, 5.74) is 5.88. The van der Waals surface area contributed by atoms with Gasteiger partial charge in [0.05, 0.1) is 11.7 Å². The average Bonchev–Trinajstić information content (AvgIpc) is 2.87. The summed E-state index contributed by atoms with van der Waals surface area (Å²) in [5, 5.41) is 9.09. The zero-order chi connectivity index (χ0) is 14.3. The fraction of sp³-hybridized carbons (Fsp3) is 0.235. The molecule has 0 radical (unpaired) electrons. The highest BCUT2D eigenvalue weighted by atomic mass is 35.5. The Morgan fingerprint density at radius 1 is 1.15 bits per heavy atom. The number of nitrogens with zero attached hydrogens (tertiary/aromatic N) is 1. The molecule has 0 unspecified atom stereocenters. The summed E-state index contributed by atoms with van der Waals surface area (Å²) in [5.74, 6) is 0.442. The third kappa shape index (κ3) is 2.20. The minimum atomic E-state index is 0.442. The molecule has 1 heterocycles. The molecule has 0 saturated carbocycles. The summed E-state index contributed by atoms with van der Waals surface area (Å²) in [7, 11) is 0. The second-order valence-electron chi connectivity index (χ2n) is 5.52. The number of hydrogen-bond donors (Lipinski definition) is 1. The van der Waals surface area contributed by atoms with Crippen molar-refractivity contribution in [3.05, 3.63) is 52.7 Å². The van der Waals surface area contributed by atoms with E-state index in [0.29, 0.717) is 5.92 Å². The van der Waals surface area contributed by atoms with Gasteiger partial charge in [0.15, 0.2) is 0 Å². The van der Waals surface area contributed by atoms with Crippen molar-refractivity contribution in [1.82, 2.24) is 10.2 Å². The average molecular weight is 285 g/mol. The van der Waals surface area contributed by atoms with Gasteiger partial charge in [-0.25, -0.2) is 0 Å². The van der Waals surface area contributed by atoms with Crippen LogP contribution in [0.4, 0.5) is 0 Å². The molecule has 0 saturated heterocycles. The third-order valence-corrected chi connectivity index (χ3v) is 4.12. The Bertz CT molecular complexity index is 772. The second kappa shape index (κ2) is 4.95. The topological polar surface area (TPSA) is 28.7 Å². The van der Waals surface area contributed by atoms with Crippen LogP contribution in [0.5, 0.6) is 0 Å². The molecule has 3 heteroatoms. The zero-order valence-corrected chi connectivity index (χ0v) is 12.6. The maximum atomic E-state index is 6.27. The Kier molecular flexibility index (Phi) is 3.27. The molecule has 2 nitrogen and oxygen atoms in total. The number of rotatable bonds is 2. The quantitative estimate of drug-likeness (QED) is 0.678. The van der Waals surface area contributed by atoms with E-state index < -0.39 is 0 Å². The predicted octanol–water partition coefficient (Wildman–Crippen LogP) is 5.32. The number of aromatic nitrogens is 2.